The Labute approximate surface area is 165 Å². The lowest BCUT2D eigenvalue weighted by Crippen LogP contribution is -2.34. The largest absolute Gasteiger partial charge is 0.476 e. The van der Waals surface area contributed by atoms with Crippen LogP contribution >= 0.6 is 11.6 Å². The first-order chi connectivity index (χ1) is 13.4. The van der Waals surface area contributed by atoms with E-state index in [1.165, 1.54) is 24.4 Å². The van der Waals surface area contributed by atoms with Gasteiger partial charge in [0.25, 0.3) is 0 Å². The standard InChI is InChI=1S/C19H19ClFN3O4/c20-14-3-11(4-15(21)7-14)10-28-16-5-12-8-23(9-13(12)6-16)19(27)24-2-1-17(22-24)18(25)26/h1-4,7,12-13,16H,5-6,8-10H2,(H,25,26)/t12-,13+,16+. The predicted octanol–water partition coefficient (Wildman–Crippen LogP) is 3.27. The molecule has 7 nitrogen and oxygen atoms in total. The lowest BCUT2D eigenvalue weighted by Gasteiger charge is -2.19. The monoisotopic (exact) mass is 407 g/mol. The van der Waals surface area contributed by atoms with Crippen LogP contribution in [-0.2, 0) is 11.3 Å². The van der Waals surface area contributed by atoms with Crippen LogP contribution in [0.3, 0.4) is 0 Å². The number of carbonyl (C=O) groups is 2. The highest BCUT2D eigenvalue weighted by Crippen LogP contribution is 2.40. The smallest absolute Gasteiger partial charge is 0.356 e. The summed E-state index contributed by atoms with van der Waals surface area (Å²) in [7, 11) is 0. The van der Waals surface area contributed by atoms with Gasteiger partial charge in [0.1, 0.15) is 5.82 Å². The van der Waals surface area contributed by atoms with Gasteiger partial charge in [-0.1, -0.05) is 11.6 Å². The van der Waals surface area contributed by atoms with E-state index in [0.29, 0.717) is 42.1 Å². The fourth-order valence-electron chi connectivity index (χ4n) is 4.13. The first-order valence-electron chi connectivity index (χ1n) is 9.04. The molecule has 0 unspecified atom stereocenters. The summed E-state index contributed by atoms with van der Waals surface area (Å²) in [5.41, 5.74) is 0.547. The number of nitrogens with zero attached hydrogens (tertiary/aromatic N) is 3. The van der Waals surface area contributed by atoms with Crippen molar-refractivity contribution in [3.63, 3.8) is 0 Å². The van der Waals surface area contributed by atoms with Crippen LogP contribution in [-0.4, -0.2) is 51.0 Å². The van der Waals surface area contributed by atoms with Gasteiger partial charge in [-0.2, -0.15) is 9.78 Å². The molecule has 2 fully saturated rings. The van der Waals surface area contributed by atoms with E-state index in [-0.39, 0.29) is 23.6 Å². The molecule has 1 aromatic heterocycles. The highest BCUT2D eigenvalue weighted by Gasteiger charge is 2.43. The number of aromatic nitrogens is 2. The molecule has 0 spiro atoms. The Kier molecular flexibility index (Phi) is 5.07. The lowest BCUT2D eigenvalue weighted by molar-refractivity contribution is 0.0382. The number of fused-ring (bicyclic) bond motifs is 1. The van der Waals surface area contributed by atoms with Crippen LogP contribution in [0.4, 0.5) is 9.18 Å². The van der Waals surface area contributed by atoms with Gasteiger partial charge in [0.15, 0.2) is 5.69 Å². The van der Waals surface area contributed by atoms with Gasteiger partial charge in [0, 0.05) is 24.3 Å². The number of likely N-dealkylation sites (tertiary alicyclic amines) is 1. The first-order valence-corrected chi connectivity index (χ1v) is 9.41. The zero-order chi connectivity index (χ0) is 19.8. The van der Waals surface area contributed by atoms with Crippen molar-refractivity contribution in [1.82, 2.24) is 14.7 Å². The maximum atomic E-state index is 13.4. The van der Waals surface area contributed by atoms with Crippen LogP contribution in [0.25, 0.3) is 0 Å². The minimum atomic E-state index is -1.16. The number of hydrogen-bond donors (Lipinski definition) is 1. The Morgan fingerprint density at radius 1 is 1.25 bits per heavy atom. The van der Waals surface area contributed by atoms with E-state index in [9.17, 15) is 14.0 Å². The third-order valence-corrected chi connectivity index (χ3v) is 5.61. The van der Waals surface area contributed by atoms with E-state index in [2.05, 4.69) is 5.10 Å². The third kappa shape index (κ3) is 3.88. The summed E-state index contributed by atoms with van der Waals surface area (Å²) < 4.78 is 20.4. The molecule has 1 aliphatic heterocycles. The second-order valence-electron chi connectivity index (χ2n) is 7.34. The zero-order valence-corrected chi connectivity index (χ0v) is 15.7. The molecule has 1 saturated carbocycles. The topological polar surface area (TPSA) is 84.7 Å². The van der Waals surface area contributed by atoms with Crippen molar-refractivity contribution in [2.24, 2.45) is 11.8 Å². The molecule has 28 heavy (non-hydrogen) atoms. The summed E-state index contributed by atoms with van der Waals surface area (Å²) in [5.74, 6) is -0.878. The molecule has 1 aliphatic carbocycles. The second kappa shape index (κ2) is 7.52. The molecule has 0 bridgehead atoms. The van der Waals surface area contributed by atoms with Crippen LogP contribution < -0.4 is 0 Å². The Morgan fingerprint density at radius 2 is 1.96 bits per heavy atom. The number of benzene rings is 1. The molecule has 1 saturated heterocycles. The maximum Gasteiger partial charge on any atom is 0.356 e. The number of carboxylic acid groups (broad SMARTS) is 1. The van der Waals surface area contributed by atoms with Gasteiger partial charge in [-0.15, -0.1) is 0 Å². The van der Waals surface area contributed by atoms with Crippen molar-refractivity contribution in [2.75, 3.05) is 13.1 Å². The summed E-state index contributed by atoms with van der Waals surface area (Å²) >= 11 is 5.87. The second-order valence-corrected chi connectivity index (χ2v) is 7.78. The van der Waals surface area contributed by atoms with E-state index in [4.69, 9.17) is 21.4 Å². The Balaban J connectivity index is 1.30. The Bertz CT molecular complexity index is 884. The van der Waals surface area contributed by atoms with Gasteiger partial charge in [0.05, 0.1) is 12.7 Å². The van der Waals surface area contributed by atoms with E-state index in [1.54, 1.807) is 11.0 Å². The summed E-state index contributed by atoms with van der Waals surface area (Å²) in [5, 5.41) is 13.1. The van der Waals surface area contributed by atoms with E-state index in [1.807, 2.05) is 0 Å². The molecule has 2 aliphatic rings. The van der Waals surface area contributed by atoms with Gasteiger partial charge < -0.3 is 14.7 Å². The lowest BCUT2D eigenvalue weighted by atomic mass is 10.0. The molecule has 1 N–H and O–H groups in total. The zero-order valence-electron chi connectivity index (χ0n) is 14.9. The maximum absolute atomic E-state index is 13.4. The van der Waals surface area contributed by atoms with Crippen molar-refractivity contribution >= 4 is 23.6 Å². The molecule has 9 heteroatoms. The van der Waals surface area contributed by atoms with Gasteiger partial charge in [0.2, 0.25) is 0 Å². The van der Waals surface area contributed by atoms with Crippen molar-refractivity contribution in [3.8, 4) is 0 Å². The van der Waals surface area contributed by atoms with Crippen molar-refractivity contribution in [1.29, 1.82) is 0 Å². The molecular weight excluding hydrogens is 389 g/mol. The minimum absolute atomic E-state index is 0.0672. The number of rotatable bonds is 4. The first kappa shape index (κ1) is 18.9. The van der Waals surface area contributed by atoms with Gasteiger partial charge >= 0.3 is 12.0 Å². The highest BCUT2D eigenvalue weighted by molar-refractivity contribution is 6.30. The summed E-state index contributed by atoms with van der Waals surface area (Å²) in [4.78, 5) is 25.1. The summed E-state index contributed by atoms with van der Waals surface area (Å²) in [6.07, 6.45) is 3.10. The fourth-order valence-corrected chi connectivity index (χ4v) is 4.38. The number of halogens is 2. The summed E-state index contributed by atoms with van der Waals surface area (Å²) in [6, 6.07) is 5.36. The van der Waals surface area contributed by atoms with Crippen molar-refractivity contribution in [3.05, 3.63) is 52.6 Å². The van der Waals surface area contributed by atoms with Crippen LogP contribution in [0.2, 0.25) is 5.02 Å². The number of hydrogen-bond acceptors (Lipinski definition) is 4. The molecule has 1 aromatic carbocycles. The van der Waals surface area contributed by atoms with E-state index < -0.39 is 5.97 Å². The molecule has 2 heterocycles. The highest BCUT2D eigenvalue weighted by atomic mass is 35.5. The molecule has 1 amide bonds. The minimum Gasteiger partial charge on any atom is -0.476 e. The van der Waals surface area contributed by atoms with E-state index in [0.717, 1.165) is 17.5 Å². The average Bonchev–Trinajstić information content (AvgIpc) is 3.33. The van der Waals surface area contributed by atoms with Crippen molar-refractivity contribution < 1.29 is 23.8 Å². The van der Waals surface area contributed by atoms with E-state index >= 15 is 0 Å². The van der Waals surface area contributed by atoms with Gasteiger partial charge in [-0.3, -0.25) is 0 Å². The number of amides is 1. The van der Waals surface area contributed by atoms with Crippen LogP contribution in [0.15, 0.2) is 30.5 Å². The summed E-state index contributed by atoms with van der Waals surface area (Å²) in [6.45, 7) is 1.49. The molecule has 3 atom stereocenters. The number of aromatic carboxylic acids is 1. The molecule has 4 rings (SSSR count). The molecule has 2 aromatic rings. The molecular formula is C19H19ClFN3O4. The van der Waals surface area contributed by atoms with Gasteiger partial charge in [-0.25, -0.2) is 14.0 Å². The van der Waals surface area contributed by atoms with Gasteiger partial charge in [-0.05, 0) is 54.5 Å². The van der Waals surface area contributed by atoms with Crippen LogP contribution in [0.1, 0.15) is 28.9 Å². The predicted molar refractivity (Wildman–Crippen MR) is 97.8 cm³/mol. The molecule has 148 valence electrons. The number of carbonyl (C=O) groups excluding carboxylic acids is 1. The Hall–Kier alpha value is -2.45. The fraction of sp³-hybridized carbons (Fsp3) is 0.421. The third-order valence-electron chi connectivity index (χ3n) is 5.39. The molecule has 0 radical (unpaired) electrons. The SMILES string of the molecule is O=C(O)c1ccn(C(=O)N2C[C@H]3C[C@H](OCc4cc(F)cc(Cl)c4)C[C@H]3C2)n1. The normalized spacial score (nSPS) is 23.8. The van der Waals surface area contributed by atoms with Crippen LogP contribution in [0, 0.1) is 17.7 Å². The van der Waals surface area contributed by atoms with Crippen LogP contribution in [0.5, 0.6) is 0 Å². The van der Waals surface area contributed by atoms with Crippen molar-refractivity contribution in [2.45, 2.75) is 25.6 Å². The number of carboxylic acids is 1. The average molecular weight is 408 g/mol. The number of ether oxygens (including phenoxy) is 1. The quantitative estimate of drug-likeness (QED) is 0.840. The Morgan fingerprint density at radius 3 is 2.57 bits per heavy atom.